The summed E-state index contributed by atoms with van der Waals surface area (Å²) < 4.78 is 10.5. The maximum absolute atomic E-state index is 10.6. The fourth-order valence-electron chi connectivity index (χ4n) is 3.30. The first-order chi connectivity index (χ1) is 11.1. The number of rotatable bonds is 4. The van der Waals surface area contributed by atoms with E-state index in [2.05, 4.69) is 30.1 Å². The highest BCUT2D eigenvalue weighted by Gasteiger charge is 2.29. The first kappa shape index (κ1) is 15.7. The van der Waals surface area contributed by atoms with Gasteiger partial charge in [-0.15, -0.1) is 0 Å². The predicted octanol–water partition coefficient (Wildman–Crippen LogP) is 3.18. The summed E-state index contributed by atoms with van der Waals surface area (Å²) in [5.41, 5.74) is 3.42. The molecule has 1 heterocycles. The van der Waals surface area contributed by atoms with Gasteiger partial charge in [-0.1, -0.05) is 18.2 Å². The van der Waals surface area contributed by atoms with Crippen LogP contribution in [0.1, 0.15) is 22.7 Å². The zero-order valence-electron chi connectivity index (χ0n) is 13.9. The van der Waals surface area contributed by atoms with Crippen molar-refractivity contribution in [3.63, 3.8) is 0 Å². The van der Waals surface area contributed by atoms with E-state index < -0.39 is 0 Å². The molecule has 4 nitrogen and oxygen atoms in total. The minimum atomic E-state index is 0.141. The lowest BCUT2D eigenvalue weighted by Crippen LogP contribution is -2.33. The average Bonchev–Trinajstić information content (AvgIpc) is 2.58. The summed E-state index contributed by atoms with van der Waals surface area (Å²) >= 11 is 0. The van der Waals surface area contributed by atoms with Gasteiger partial charge in [-0.05, 0) is 49.2 Å². The SMILES string of the molecule is COc1ccc(C[C@H]2c3c(ccc(OC)c3O)CCN2C)cc1. The Morgan fingerprint density at radius 2 is 1.83 bits per heavy atom. The summed E-state index contributed by atoms with van der Waals surface area (Å²) in [7, 11) is 5.37. The van der Waals surface area contributed by atoms with Gasteiger partial charge in [0.2, 0.25) is 0 Å². The van der Waals surface area contributed by atoms with E-state index in [1.807, 2.05) is 18.2 Å². The largest absolute Gasteiger partial charge is 0.504 e. The second-order valence-electron chi connectivity index (χ2n) is 5.99. The molecular weight excluding hydrogens is 290 g/mol. The van der Waals surface area contributed by atoms with Gasteiger partial charge in [-0.2, -0.15) is 0 Å². The molecule has 23 heavy (non-hydrogen) atoms. The van der Waals surface area contributed by atoms with Crippen LogP contribution in [0.15, 0.2) is 36.4 Å². The van der Waals surface area contributed by atoms with Crippen molar-refractivity contribution in [3.8, 4) is 17.2 Å². The summed E-state index contributed by atoms with van der Waals surface area (Å²) in [6, 6.07) is 12.2. The monoisotopic (exact) mass is 313 g/mol. The number of phenols is 1. The normalized spacial score (nSPS) is 17.6. The Morgan fingerprint density at radius 1 is 1.09 bits per heavy atom. The average molecular weight is 313 g/mol. The second-order valence-corrected chi connectivity index (χ2v) is 5.99. The van der Waals surface area contributed by atoms with Gasteiger partial charge in [-0.3, -0.25) is 4.90 Å². The van der Waals surface area contributed by atoms with Crippen molar-refractivity contribution in [2.75, 3.05) is 27.8 Å². The minimum Gasteiger partial charge on any atom is -0.504 e. The van der Waals surface area contributed by atoms with Crippen LogP contribution >= 0.6 is 0 Å². The summed E-state index contributed by atoms with van der Waals surface area (Å²) in [4.78, 5) is 2.30. The van der Waals surface area contributed by atoms with E-state index in [4.69, 9.17) is 9.47 Å². The molecule has 0 saturated carbocycles. The molecule has 0 unspecified atom stereocenters. The zero-order valence-corrected chi connectivity index (χ0v) is 13.9. The molecule has 0 amide bonds. The van der Waals surface area contributed by atoms with Crippen LogP contribution in [0.5, 0.6) is 17.2 Å². The fourth-order valence-corrected chi connectivity index (χ4v) is 3.30. The molecule has 0 aromatic heterocycles. The Morgan fingerprint density at radius 3 is 2.48 bits per heavy atom. The summed E-state index contributed by atoms with van der Waals surface area (Å²) in [6.07, 6.45) is 1.79. The second kappa shape index (κ2) is 6.50. The first-order valence-electron chi connectivity index (χ1n) is 7.86. The fraction of sp³-hybridized carbons (Fsp3) is 0.368. The molecule has 1 aliphatic heterocycles. The summed E-state index contributed by atoms with van der Waals surface area (Å²) in [5.74, 6) is 1.67. The molecule has 0 spiro atoms. The lowest BCUT2D eigenvalue weighted by Gasteiger charge is -2.35. The molecule has 1 aliphatic rings. The summed E-state index contributed by atoms with van der Waals surface area (Å²) in [6.45, 7) is 0.986. The van der Waals surface area contributed by atoms with E-state index >= 15 is 0 Å². The van der Waals surface area contributed by atoms with E-state index in [9.17, 15) is 5.11 Å². The maximum atomic E-state index is 10.6. The predicted molar refractivity (Wildman–Crippen MR) is 90.4 cm³/mol. The van der Waals surface area contributed by atoms with Gasteiger partial charge in [-0.25, -0.2) is 0 Å². The smallest absolute Gasteiger partial charge is 0.162 e. The topological polar surface area (TPSA) is 41.9 Å². The number of likely N-dealkylation sites (N-methyl/N-ethyl adjacent to an activating group) is 1. The third-order valence-electron chi connectivity index (χ3n) is 4.68. The molecule has 2 aromatic carbocycles. The molecule has 0 saturated heterocycles. The number of benzene rings is 2. The highest BCUT2D eigenvalue weighted by atomic mass is 16.5. The number of phenolic OH excluding ortho intramolecular Hbond substituents is 1. The summed E-state index contributed by atoms with van der Waals surface area (Å²) in [5, 5.41) is 10.6. The van der Waals surface area contributed by atoms with Crippen molar-refractivity contribution in [2.45, 2.75) is 18.9 Å². The van der Waals surface area contributed by atoms with Crippen LogP contribution in [0, 0.1) is 0 Å². The Hall–Kier alpha value is -2.20. The van der Waals surface area contributed by atoms with Gasteiger partial charge in [0, 0.05) is 18.2 Å². The number of hydrogen-bond donors (Lipinski definition) is 1. The van der Waals surface area contributed by atoms with Gasteiger partial charge in [0.1, 0.15) is 5.75 Å². The molecular formula is C19H23NO3. The van der Waals surface area contributed by atoms with Gasteiger partial charge < -0.3 is 14.6 Å². The molecule has 1 N–H and O–H groups in total. The first-order valence-corrected chi connectivity index (χ1v) is 7.86. The molecule has 0 bridgehead atoms. The number of hydrogen-bond acceptors (Lipinski definition) is 4. The van der Waals surface area contributed by atoms with Gasteiger partial charge in [0.25, 0.3) is 0 Å². The number of fused-ring (bicyclic) bond motifs is 1. The highest BCUT2D eigenvalue weighted by Crippen LogP contribution is 2.42. The van der Waals surface area contributed by atoms with Crippen LogP contribution in [0.4, 0.5) is 0 Å². The zero-order chi connectivity index (χ0) is 16.4. The molecule has 0 fully saturated rings. The highest BCUT2D eigenvalue weighted by molar-refractivity contribution is 5.52. The van der Waals surface area contributed by atoms with Crippen LogP contribution < -0.4 is 9.47 Å². The van der Waals surface area contributed by atoms with Crippen molar-refractivity contribution in [1.82, 2.24) is 4.90 Å². The van der Waals surface area contributed by atoms with Crippen LogP contribution in [0.2, 0.25) is 0 Å². The Kier molecular flexibility index (Phi) is 4.44. The van der Waals surface area contributed by atoms with Crippen molar-refractivity contribution in [1.29, 1.82) is 0 Å². The molecule has 122 valence electrons. The third-order valence-corrected chi connectivity index (χ3v) is 4.68. The number of aromatic hydroxyl groups is 1. The van der Waals surface area contributed by atoms with Crippen molar-refractivity contribution in [3.05, 3.63) is 53.1 Å². The standard InChI is InChI=1S/C19H23NO3/c1-20-11-10-14-6-9-17(23-3)19(21)18(14)16(20)12-13-4-7-15(22-2)8-5-13/h4-9,16,21H,10-12H2,1-3H3/t16-/m0/s1. The minimum absolute atomic E-state index is 0.141. The van der Waals surface area contributed by atoms with Gasteiger partial charge in [0.15, 0.2) is 11.5 Å². The molecule has 3 rings (SSSR count). The Labute approximate surface area is 137 Å². The van der Waals surface area contributed by atoms with E-state index in [-0.39, 0.29) is 11.8 Å². The molecule has 2 aromatic rings. The van der Waals surface area contributed by atoms with Crippen LogP contribution in [-0.2, 0) is 12.8 Å². The van der Waals surface area contributed by atoms with E-state index in [1.54, 1.807) is 14.2 Å². The molecule has 0 aliphatic carbocycles. The van der Waals surface area contributed by atoms with Gasteiger partial charge >= 0.3 is 0 Å². The maximum Gasteiger partial charge on any atom is 0.162 e. The Bertz CT molecular complexity index is 682. The third kappa shape index (κ3) is 2.99. The van der Waals surface area contributed by atoms with Crippen LogP contribution in [0.25, 0.3) is 0 Å². The quantitative estimate of drug-likeness (QED) is 0.941. The van der Waals surface area contributed by atoms with Crippen molar-refractivity contribution < 1.29 is 14.6 Å². The Balaban J connectivity index is 1.95. The van der Waals surface area contributed by atoms with E-state index in [1.165, 1.54) is 11.1 Å². The van der Waals surface area contributed by atoms with Crippen molar-refractivity contribution >= 4 is 0 Å². The van der Waals surface area contributed by atoms with Gasteiger partial charge in [0.05, 0.1) is 14.2 Å². The molecule has 1 atom stereocenters. The number of methoxy groups -OCH3 is 2. The molecule has 4 heteroatoms. The van der Waals surface area contributed by atoms with E-state index in [0.717, 1.165) is 30.7 Å². The number of ether oxygens (including phenoxy) is 2. The van der Waals surface area contributed by atoms with E-state index in [0.29, 0.717) is 5.75 Å². The lowest BCUT2D eigenvalue weighted by molar-refractivity contribution is 0.222. The van der Waals surface area contributed by atoms with Crippen molar-refractivity contribution in [2.24, 2.45) is 0 Å². The van der Waals surface area contributed by atoms with Crippen LogP contribution in [-0.4, -0.2) is 37.8 Å². The lowest BCUT2D eigenvalue weighted by atomic mass is 9.88. The number of nitrogens with zero attached hydrogens (tertiary/aromatic N) is 1. The van der Waals surface area contributed by atoms with Crippen LogP contribution in [0.3, 0.4) is 0 Å². The molecule has 0 radical (unpaired) electrons.